The Labute approximate surface area is 102 Å². The van der Waals surface area contributed by atoms with Crippen molar-refractivity contribution in [2.75, 3.05) is 5.32 Å². The lowest BCUT2D eigenvalue weighted by atomic mass is 9.88. The third kappa shape index (κ3) is 3.45. The van der Waals surface area contributed by atoms with Crippen molar-refractivity contribution in [2.45, 2.75) is 33.7 Å². The Morgan fingerprint density at radius 1 is 1.50 bits per heavy atom. The molecule has 0 bridgehead atoms. The summed E-state index contributed by atoms with van der Waals surface area (Å²) in [6, 6.07) is 4.02. The van der Waals surface area contributed by atoms with Crippen LogP contribution in [0.1, 0.15) is 33.3 Å². The van der Waals surface area contributed by atoms with Crippen LogP contribution in [0.3, 0.4) is 0 Å². The van der Waals surface area contributed by atoms with Crippen LogP contribution in [0, 0.1) is 5.41 Å². The predicted molar refractivity (Wildman–Crippen MR) is 72.7 cm³/mol. The van der Waals surface area contributed by atoms with Gasteiger partial charge in [0.05, 0.1) is 0 Å². The van der Waals surface area contributed by atoms with E-state index < -0.39 is 0 Å². The van der Waals surface area contributed by atoms with Gasteiger partial charge in [-0.3, -0.25) is 0 Å². The monoisotopic (exact) mass is 237 g/mol. The first kappa shape index (κ1) is 12.9. The number of hydrogen-bond acceptors (Lipinski definition) is 3. The Hall–Kier alpha value is -1.16. The molecule has 0 radical (unpaired) electrons. The van der Waals surface area contributed by atoms with Gasteiger partial charge in [0.25, 0.3) is 0 Å². The molecule has 0 fully saturated rings. The Morgan fingerprint density at radius 3 is 2.62 bits per heavy atom. The van der Waals surface area contributed by atoms with Crippen molar-refractivity contribution in [1.82, 2.24) is 4.98 Å². The van der Waals surface area contributed by atoms with Crippen LogP contribution < -0.4 is 11.1 Å². The molecule has 0 saturated carbocycles. The molecule has 4 heteroatoms. The summed E-state index contributed by atoms with van der Waals surface area (Å²) in [7, 11) is 0. The molecule has 0 aliphatic heterocycles. The fourth-order valence-electron chi connectivity index (χ4n) is 1.10. The lowest BCUT2D eigenvalue weighted by Crippen LogP contribution is -2.31. The molecule has 1 rings (SSSR count). The van der Waals surface area contributed by atoms with Gasteiger partial charge in [-0.2, -0.15) is 0 Å². The second-order valence-electron chi connectivity index (χ2n) is 5.03. The lowest BCUT2D eigenvalue weighted by Gasteiger charge is -2.28. The Kier molecular flexibility index (Phi) is 3.86. The summed E-state index contributed by atoms with van der Waals surface area (Å²) in [4.78, 5) is 4.65. The topological polar surface area (TPSA) is 50.9 Å². The molecule has 1 heterocycles. The molecule has 0 saturated heterocycles. The maximum Gasteiger partial charge on any atom is 0.126 e. The first-order valence-electron chi connectivity index (χ1n) is 5.33. The SMILES string of the molecule is CC(Nc1cc(C(N)=S)ccn1)C(C)(C)C. The van der Waals surface area contributed by atoms with Gasteiger partial charge in [-0.15, -0.1) is 0 Å². The molecule has 88 valence electrons. The number of hydrogen-bond donors (Lipinski definition) is 2. The molecule has 16 heavy (non-hydrogen) atoms. The van der Waals surface area contributed by atoms with Gasteiger partial charge in [-0.1, -0.05) is 33.0 Å². The van der Waals surface area contributed by atoms with Crippen molar-refractivity contribution >= 4 is 23.0 Å². The van der Waals surface area contributed by atoms with E-state index in [0.717, 1.165) is 11.4 Å². The molecule has 1 atom stereocenters. The average molecular weight is 237 g/mol. The molecule has 0 aliphatic rings. The van der Waals surface area contributed by atoms with Crippen LogP contribution >= 0.6 is 12.2 Å². The predicted octanol–water partition coefficient (Wildman–Crippen LogP) is 2.56. The standard InChI is InChI=1S/C12H19N3S/c1-8(12(2,3)4)15-10-7-9(11(13)16)5-6-14-10/h5-8H,1-4H3,(H2,13,16)(H,14,15). The quantitative estimate of drug-likeness (QED) is 0.793. The zero-order valence-electron chi connectivity index (χ0n) is 10.2. The van der Waals surface area contributed by atoms with Gasteiger partial charge in [-0.05, 0) is 24.5 Å². The number of rotatable bonds is 3. The van der Waals surface area contributed by atoms with Crippen LogP contribution in [0.4, 0.5) is 5.82 Å². The van der Waals surface area contributed by atoms with E-state index in [1.807, 2.05) is 12.1 Å². The molecular formula is C12H19N3S. The minimum Gasteiger partial charge on any atom is -0.389 e. The molecule has 0 aromatic carbocycles. The summed E-state index contributed by atoms with van der Waals surface area (Å²) in [5, 5.41) is 3.35. The van der Waals surface area contributed by atoms with Crippen molar-refractivity contribution in [3.63, 3.8) is 0 Å². The summed E-state index contributed by atoms with van der Waals surface area (Å²) in [5.41, 5.74) is 6.60. The fourth-order valence-corrected chi connectivity index (χ4v) is 1.23. The number of thiocarbonyl (C=S) groups is 1. The van der Waals surface area contributed by atoms with Crippen LogP contribution in [0.2, 0.25) is 0 Å². The molecule has 1 unspecified atom stereocenters. The average Bonchev–Trinajstić information content (AvgIpc) is 2.16. The number of nitrogens with zero attached hydrogens (tertiary/aromatic N) is 1. The van der Waals surface area contributed by atoms with Crippen LogP contribution in [0.15, 0.2) is 18.3 Å². The van der Waals surface area contributed by atoms with E-state index in [2.05, 4.69) is 38.0 Å². The van der Waals surface area contributed by atoms with E-state index in [1.165, 1.54) is 0 Å². The summed E-state index contributed by atoms with van der Waals surface area (Å²) in [5.74, 6) is 0.813. The second-order valence-corrected chi connectivity index (χ2v) is 5.47. The van der Waals surface area contributed by atoms with Crippen molar-refractivity contribution in [3.8, 4) is 0 Å². The van der Waals surface area contributed by atoms with Crippen LogP contribution in [-0.2, 0) is 0 Å². The van der Waals surface area contributed by atoms with E-state index in [1.54, 1.807) is 6.20 Å². The highest BCUT2D eigenvalue weighted by Gasteiger charge is 2.19. The van der Waals surface area contributed by atoms with E-state index in [-0.39, 0.29) is 5.41 Å². The summed E-state index contributed by atoms with van der Waals surface area (Å²) in [6.07, 6.45) is 1.71. The van der Waals surface area contributed by atoms with Crippen LogP contribution in [0.25, 0.3) is 0 Å². The second kappa shape index (κ2) is 4.78. The maximum absolute atomic E-state index is 5.58. The number of nitrogens with two attached hydrogens (primary N) is 1. The molecule has 3 nitrogen and oxygen atoms in total. The normalized spacial score (nSPS) is 13.2. The van der Waals surface area contributed by atoms with Gasteiger partial charge in [-0.25, -0.2) is 4.98 Å². The molecular weight excluding hydrogens is 218 g/mol. The molecule has 0 amide bonds. The Morgan fingerprint density at radius 2 is 2.12 bits per heavy atom. The van der Waals surface area contributed by atoms with E-state index >= 15 is 0 Å². The summed E-state index contributed by atoms with van der Waals surface area (Å²) >= 11 is 4.93. The fraction of sp³-hybridized carbons (Fsp3) is 0.500. The Balaban J connectivity index is 2.82. The van der Waals surface area contributed by atoms with Gasteiger partial charge < -0.3 is 11.1 Å². The van der Waals surface area contributed by atoms with Crippen LogP contribution in [-0.4, -0.2) is 16.0 Å². The number of aromatic nitrogens is 1. The summed E-state index contributed by atoms with van der Waals surface area (Å²) < 4.78 is 0. The first-order chi connectivity index (χ1) is 7.30. The molecule has 1 aromatic rings. The van der Waals surface area contributed by atoms with Gasteiger partial charge in [0.2, 0.25) is 0 Å². The number of nitrogens with one attached hydrogen (secondary N) is 1. The van der Waals surface area contributed by atoms with Crippen molar-refractivity contribution in [3.05, 3.63) is 23.9 Å². The van der Waals surface area contributed by atoms with Crippen molar-refractivity contribution in [1.29, 1.82) is 0 Å². The zero-order chi connectivity index (χ0) is 12.3. The van der Waals surface area contributed by atoms with Gasteiger partial charge in [0.15, 0.2) is 0 Å². The molecule has 1 aromatic heterocycles. The Bertz CT molecular complexity index is 382. The molecule has 0 spiro atoms. The first-order valence-corrected chi connectivity index (χ1v) is 5.74. The van der Waals surface area contributed by atoms with Gasteiger partial charge in [0, 0.05) is 17.8 Å². The highest BCUT2D eigenvalue weighted by molar-refractivity contribution is 7.80. The van der Waals surface area contributed by atoms with Gasteiger partial charge >= 0.3 is 0 Å². The molecule has 3 N–H and O–H groups in total. The van der Waals surface area contributed by atoms with Crippen molar-refractivity contribution < 1.29 is 0 Å². The number of pyridine rings is 1. The molecule has 0 aliphatic carbocycles. The van der Waals surface area contributed by atoms with E-state index in [4.69, 9.17) is 18.0 Å². The van der Waals surface area contributed by atoms with Crippen LogP contribution in [0.5, 0.6) is 0 Å². The van der Waals surface area contributed by atoms with Gasteiger partial charge in [0.1, 0.15) is 10.8 Å². The van der Waals surface area contributed by atoms with E-state index in [9.17, 15) is 0 Å². The maximum atomic E-state index is 5.58. The summed E-state index contributed by atoms with van der Waals surface area (Å²) in [6.45, 7) is 8.68. The highest BCUT2D eigenvalue weighted by atomic mass is 32.1. The smallest absolute Gasteiger partial charge is 0.126 e. The third-order valence-corrected chi connectivity index (χ3v) is 2.94. The number of anilines is 1. The lowest BCUT2D eigenvalue weighted by molar-refractivity contribution is 0.359. The third-order valence-electron chi connectivity index (χ3n) is 2.71. The largest absolute Gasteiger partial charge is 0.389 e. The zero-order valence-corrected chi connectivity index (χ0v) is 11.1. The van der Waals surface area contributed by atoms with Crippen molar-refractivity contribution in [2.24, 2.45) is 11.1 Å². The minimum absolute atomic E-state index is 0.181. The van der Waals surface area contributed by atoms with E-state index in [0.29, 0.717) is 11.0 Å². The minimum atomic E-state index is 0.181. The highest BCUT2D eigenvalue weighted by Crippen LogP contribution is 2.22.